The Morgan fingerprint density at radius 1 is 0.410 bits per heavy atom. The molecule has 5 aromatic heterocycles. The van der Waals surface area contributed by atoms with Crippen LogP contribution < -0.4 is 24.7 Å². The molecular formula is C103H131Cl2F8N16O9W-. The van der Waals surface area contributed by atoms with Gasteiger partial charge in [0.25, 0.3) is 0 Å². The maximum atomic E-state index is 14.3. The number of carbonyl (C=O) groups is 2. The number of aromatic nitrogens is 15. The monoisotopic (exact) mass is 2140 g/mol. The van der Waals surface area contributed by atoms with Gasteiger partial charge in [0.1, 0.15) is 66.4 Å². The largest absolute Gasteiger partial charge is 0.508 e. The number of hydrogen-bond acceptors (Lipinski definition) is 20. The van der Waals surface area contributed by atoms with Crippen molar-refractivity contribution >= 4 is 35.9 Å². The normalized spacial score (nSPS) is 14.7. The van der Waals surface area contributed by atoms with E-state index < -0.39 is 39.5 Å². The number of alkyl halides is 6. The third-order valence-electron chi connectivity index (χ3n) is 21.0. The Kier molecular flexibility index (Phi) is 45.4. The average Bonchev–Trinajstić information content (AvgIpc) is 1.62. The third-order valence-corrected chi connectivity index (χ3v) is 21.3. The van der Waals surface area contributed by atoms with Gasteiger partial charge in [-0.15, -0.1) is 24.0 Å². The van der Waals surface area contributed by atoms with Crippen molar-refractivity contribution in [3.8, 4) is 85.7 Å². The standard InChI is InChI=1S/C22H27F2N3O3.C19H18FN3O.C18H16FN3O.C16H18F2N4O.C12H12FN3O.C10H16ClFO2.5CH4.CH3.ClH.W/c1-21(2,3)30-18(28)10-5-15(13-23)14-29-17-8-6-16(7-9-17)19-25-20(27(4)26-19)22(24)11-12-22;1-23-18(19(20)11-12-19)21-17(22-23)15-7-9-16(10-8-15)24-13-14-5-3-2-4-6-14;19-18(10-11-18)17-20-16(21-22-17)14-6-8-15(9-7-14)23-12-13-4-2-1-3-5-13;1-22-15(16(18)6-7-16)20-14(21-22)12-2-4-13(5-3-12)23-10-11(8-17)9-19;1-16-11(12(13)6-7-12)14-10(15-16)8-2-4-9(17)5-3-8;1-10(2,3)14-9(13)5-4-8(6-11)7-12;;;;;;;;/h6-9,13H,5,10-12,14H2,1-4H3;2-10H,11-13H2,1H3;1-9H,10-12H2,(H,20,21,22);2-5,8H,6-7,9-10,19H2,1H3;2-5,17H,6-7H2,1H3;7H,4-6H2,1-3H3;5*1H4;1H3;1H;/q;;;;;;;;;;;-1;;/b15-13+;;;11-8+;;8-7+;;;;;;;;. The summed E-state index contributed by atoms with van der Waals surface area (Å²) in [5.41, 5.74) is 5.15. The molecule has 0 atom stereocenters. The zero-order chi connectivity index (χ0) is 93.9. The number of esters is 2. The van der Waals surface area contributed by atoms with E-state index in [1.54, 1.807) is 147 Å². The Hall–Kier alpha value is -11.9. The van der Waals surface area contributed by atoms with E-state index >= 15 is 0 Å². The van der Waals surface area contributed by atoms with Crippen LogP contribution in [0.2, 0.25) is 0 Å². The summed E-state index contributed by atoms with van der Waals surface area (Å²) in [5, 5.41) is 33.1. The first kappa shape index (κ1) is 119. The Bertz CT molecular complexity index is 5880. The van der Waals surface area contributed by atoms with Gasteiger partial charge in [0, 0.05) is 108 Å². The van der Waals surface area contributed by atoms with Gasteiger partial charge in [-0.1, -0.05) is 97.8 Å². The van der Waals surface area contributed by atoms with Crippen LogP contribution in [0.1, 0.15) is 209 Å². The first-order valence-corrected chi connectivity index (χ1v) is 43.4. The number of aromatic amines is 1. The quantitative estimate of drug-likeness (QED) is 0.0163. The summed E-state index contributed by atoms with van der Waals surface area (Å²) in [6.45, 7) is 12.0. The van der Waals surface area contributed by atoms with Crippen LogP contribution in [0.3, 0.4) is 0 Å². The number of allylic oxidation sites excluding steroid dienone is 1. The van der Waals surface area contributed by atoms with Crippen LogP contribution in [0.4, 0.5) is 35.1 Å². The first-order valence-electron chi connectivity index (χ1n) is 42.9. The van der Waals surface area contributed by atoms with Gasteiger partial charge in [0.15, 0.2) is 86.6 Å². The number of nitrogens with zero attached hydrogens (tertiary/aromatic N) is 14. The molecular weight excluding hydrogens is 2010 g/mol. The van der Waals surface area contributed by atoms with E-state index in [9.17, 15) is 49.8 Å². The molecule has 754 valence electrons. The minimum Gasteiger partial charge on any atom is -0.508 e. The molecule has 5 aliphatic carbocycles. The fraction of sp³-hybridized carbons (Fsp3) is 0.408. The number of carbonyl (C=O) groups excluding carboxylic acids is 2. The number of nitrogens with one attached hydrogen (secondary N) is 1. The van der Waals surface area contributed by atoms with Gasteiger partial charge < -0.3 is 46.7 Å². The minimum absolute atomic E-state index is 0. The van der Waals surface area contributed by atoms with E-state index in [2.05, 4.69) is 55.5 Å². The third kappa shape index (κ3) is 34.8. The van der Waals surface area contributed by atoms with Gasteiger partial charge in [-0.3, -0.25) is 14.7 Å². The van der Waals surface area contributed by atoms with Crippen molar-refractivity contribution in [2.75, 3.05) is 25.6 Å². The molecule has 0 spiro atoms. The molecule has 17 rings (SSSR count). The maximum Gasteiger partial charge on any atom is 0.306 e. The van der Waals surface area contributed by atoms with E-state index in [1.165, 1.54) is 14.0 Å². The van der Waals surface area contributed by atoms with Crippen molar-refractivity contribution in [1.82, 2.24) is 74.2 Å². The Balaban J connectivity index is 0.000000349. The second kappa shape index (κ2) is 52.9. The molecule has 5 heterocycles. The molecule has 0 unspecified atom stereocenters. The predicted octanol–water partition coefficient (Wildman–Crippen LogP) is 24.9. The van der Waals surface area contributed by atoms with Gasteiger partial charge in [0.05, 0.1) is 19.0 Å². The molecule has 5 aliphatic rings. The van der Waals surface area contributed by atoms with Crippen molar-refractivity contribution in [1.29, 1.82) is 0 Å². The smallest absolute Gasteiger partial charge is 0.306 e. The number of phenolic OH excluding ortho intramolecular Hbond substituents is 1. The van der Waals surface area contributed by atoms with Crippen molar-refractivity contribution in [2.45, 2.75) is 221 Å². The molecule has 139 heavy (non-hydrogen) atoms. The molecule has 4 N–H and O–H groups in total. The maximum absolute atomic E-state index is 14.3. The molecule has 0 bridgehead atoms. The van der Waals surface area contributed by atoms with Crippen LogP contribution in [0.25, 0.3) is 56.9 Å². The predicted molar refractivity (Wildman–Crippen MR) is 527 cm³/mol. The molecule has 25 nitrogen and oxygen atoms in total. The Morgan fingerprint density at radius 3 is 0.957 bits per heavy atom. The number of hydrogen-bond donors (Lipinski definition) is 3. The van der Waals surface area contributed by atoms with Crippen LogP contribution >= 0.6 is 24.0 Å². The zero-order valence-electron chi connectivity index (χ0n) is 76.5. The number of H-pyrrole nitrogens is 1. The summed E-state index contributed by atoms with van der Waals surface area (Å²) in [6.07, 6.45) is 7.24. The average molecular weight is 2140 g/mol. The molecule has 5 fully saturated rings. The molecule has 0 amide bonds. The molecule has 5 saturated carbocycles. The number of nitrogens with two attached hydrogens (primary N) is 1. The number of benzene rings is 7. The van der Waals surface area contributed by atoms with Gasteiger partial charge in [-0.2, -0.15) is 25.5 Å². The Labute approximate surface area is 836 Å². The molecule has 0 aliphatic heterocycles. The summed E-state index contributed by atoms with van der Waals surface area (Å²) in [6, 6.07) is 55.7. The summed E-state index contributed by atoms with van der Waals surface area (Å²) < 4.78 is 147. The van der Waals surface area contributed by atoms with Crippen molar-refractivity contribution in [2.24, 2.45) is 33.9 Å². The fourth-order valence-electron chi connectivity index (χ4n) is 12.9. The van der Waals surface area contributed by atoms with E-state index in [-0.39, 0.29) is 141 Å². The van der Waals surface area contributed by atoms with Crippen molar-refractivity contribution in [3.05, 3.63) is 265 Å². The van der Waals surface area contributed by atoms with Crippen LogP contribution in [0, 0.1) is 7.43 Å². The van der Waals surface area contributed by atoms with Gasteiger partial charge >= 0.3 is 11.9 Å². The van der Waals surface area contributed by atoms with Gasteiger partial charge in [-0.25, -0.2) is 78.8 Å². The van der Waals surface area contributed by atoms with E-state index in [1.807, 2.05) is 109 Å². The second-order valence-electron chi connectivity index (χ2n) is 34.4. The van der Waals surface area contributed by atoms with Gasteiger partial charge in [-0.05, 0) is 262 Å². The first-order chi connectivity index (χ1) is 62.5. The van der Waals surface area contributed by atoms with Crippen LogP contribution in [0.15, 0.2) is 218 Å². The molecule has 0 radical (unpaired) electrons. The summed E-state index contributed by atoms with van der Waals surface area (Å²) in [5.74, 6) is 6.60. The zero-order valence-corrected chi connectivity index (χ0v) is 81.0. The van der Waals surface area contributed by atoms with Crippen LogP contribution in [-0.2, 0) is 110 Å². The van der Waals surface area contributed by atoms with Crippen LogP contribution in [0.5, 0.6) is 28.7 Å². The second-order valence-corrected chi connectivity index (χ2v) is 34.7. The summed E-state index contributed by atoms with van der Waals surface area (Å²) >= 11 is 5.42. The summed E-state index contributed by atoms with van der Waals surface area (Å²) in [7, 11) is 6.82. The molecule has 7 aromatic carbocycles. The van der Waals surface area contributed by atoms with E-state index in [0.29, 0.717) is 189 Å². The number of rotatable bonds is 30. The number of phenols is 1. The van der Waals surface area contributed by atoms with Gasteiger partial charge in [0.2, 0.25) is 0 Å². The van der Waals surface area contributed by atoms with E-state index in [4.69, 9.17) is 45.8 Å². The fourth-order valence-corrected chi connectivity index (χ4v) is 13.1. The minimum atomic E-state index is -1.35. The van der Waals surface area contributed by atoms with E-state index in [0.717, 1.165) is 50.4 Å². The number of halogens is 10. The van der Waals surface area contributed by atoms with Crippen molar-refractivity contribution < 1.29 is 99.3 Å². The summed E-state index contributed by atoms with van der Waals surface area (Å²) in [4.78, 5) is 44.4. The number of aryl methyl sites for hydroxylation is 4. The SMILES string of the molecule is C.C.C.C.C.CC(C)(C)OC(=O)CC/C(=C\F)CCl.Cl.Cn1nc(-c2ccc(O)cc2)nc1C1(F)CC1.Cn1nc(-c2ccc(OC/C(=C/F)CCC(=O)OC(C)(C)C)cc2)nc1C1(F)CC1.Cn1nc(-c2ccc(OC/C(=C/F)CN)cc2)nc1C1(F)CC1.Cn1nc(-c2ccc(OCc3ccccc3)cc2)nc1C1(F)CC1.FC1(c2nc(-c3ccc(OCc4ccccc4)cc3)n[nH]2)CC1.[CH3-].[W]. The van der Waals surface area contributed by atoms with Crippen molar-refractivity contribution in [3.63, 3.8) is 0 Å². The molecule has 0 saturated heterocycles. The Morgan fingerprint density at radius 2 is 0.683 bits per heavy atom. The number of ether oxygens (including phenoxy) is 6. The molecule has 12 aromatic rings. The molecule has 36 heteroatoms. The number of aromatic hydroxyl groups is 1. The van der Waals surface area contributed by atoms with Crippen LogP contribution in [-0.4, -0.2) is 128 Å². The topological polar surface area (TPSA) is 300 Å².